The highest BCUT2D eigenvalue weighted by molar-refractivity contribution is 5.85. The van der Waals surface area contributed by atoms with Crippen molar-refractivity contribution < 1.29 is 13.6 Å². The zero-order chi connectivity index (χ0) is 13.0. The van der Waals surface area contributed by atoms with E-state index in [-0.39, 0.29) is 18.3 Å². The Bertz CT molecular complexity index is 415. The minimum atomic E-state index is -0.927. The van der Waals surface area contributed by atoms with Crippen LogP contribution in [-0.4, -0.2) is 11.9 Å². The van der Waals surface area contributed by atoms with Gasteiger partial charge in [0.2, 0.25) is 5.91 Å². The highest BCUT2D eigenvalue weighted by Gasteiger charge is 2.15. The number of halogens is 3. The summed E-state index contributed by atoms with van der Waals surface area (Å²) < 4.78 is 25.7. The van der Waals surface area contributed by atoms with E-state index < -0.39 is 23.7 Å². The van der Waals surface area contributed by atoms with Crippen molar-refractivity contribution in [1.29, 1.82) is 0 Å². The van der Waals surface area contributed by atoms with Crippen molar-refractivity contribution >= 4 is 18.3 Å². The van der Waals surface area contributed by atoms with Crippen LogP contribution < -0.4 is 11.1 Å². The molecule has 0 radical (unpaired) electrons. The van der Waals surface area contributed by atoms with Gasteiger partial charge >= 0.3 is 0 Å². The van der Waals surface area contributed by atoms with E-state index in [4.69, 9.17) is 5.73 Å². The third-order valence-corrected chi connectivity index (χ3v) is 2.58. The lowest BCUT2D eigenvalue weighted by Crippen LogP contribution is -2.41. The maximum atomic E-state index is 13.0. The van der Waals surface area contributed by atoms with Crippen molar-refractivity contribution in [2.75, 3.05) is 0 Å². The van der Waals surface area contributed by atoms with Gasteiger partial charge in [-0.1, -0.05) is 13.0 Å². The molecule has 1 amide bonds. The second-order valence-electron chi connectivity index (χ2n) is 3.92. The number of hydrogen-bond donors (Lipinski definition) is 2. The summed E-state index contributed by atoms with van der Waals surface area (Å²) >= 11 is 0. The molecule has 0 heterocycles. The lowest BCUT2D eigenvalue weighted by molar-refractivity contribution is -0.123. The fourth-order valence-corrected chi connectivity index (χ4v) is 1.37. The Morgan fingerprint density at radius 3 is 2.50 bits per heavy atom. The van der Waals surface area contributed by atoms with Crippen LogP contribution in [0.4, 0.5) is 8.78 Å². The normalized spacial score (nSPS) is 13.4. The molecule has 102 valence electrons. The Morgan fingerprint density at radius 1 is 1.39 bits per heavy atom. The first-order valence-electron chi connectivity index (χ1n) is 5.46. The Hall–Kier alpha value is -1.20. The molecule has 3 nitrogen and oxygen atoms in total. The smallest absolute Gasteiger partial charge is 0.237 e. The Labute approximate surface area is 111 Å². The molecule has 0 aliphatic heterocycles. The summed E-state index contributed by atoms with van der Waals surface area (Å²) in [5.74, 6) is -2.13. The largest absolute Gasteiger partial charge is 0.348 e. The molecule has 1 unspecified atom stereocenters. The molecular weight excluding hydrogens is 262 g/mol. The molecule has 18 heavy (non-hydrogen) atoms. The van der Waals surface area contributed by atoms with Crippen LogP contribution in [0.25, 0.3) is 0 Å². The maximum absolute atomic E-state index is 13.0. The lowest BCUT2D eigenvalue weighted by Gasteiger charge is -2.17. The second kappa shape index (κ2) is 7.28. The molecule has 1 aromatic rings. The third-order valence-electron chi connectivity index (χ3n) is 2.58. The van der Waals surface area contributed by atoms with E-state index in [2.05, 4.69) is 5.32 Å². The SMILES string of the molecule is CC[C@H](N)C(=O)NC(C)c1ccc(F)c(F)c1.Cl. The number of nitrogens with one attached hydrogen (secondary N) is 1. The standard InChI is InChI=1S/C12H16F2N2O.ClH/c1-3-11(15)12(17)16-7(2)8-4-5-9(13)10(14)6-8;/h4-7,11H,3,15H2,1-2H3,(H,16,17);1H/t7?,11-;/m0./s1. The molecule has 0 spiro atoms. The molecule has 0 aliphatic rings. The summed E-state index contributed by atoms with van der Waals surface area (Å²) in [4.78, 5) is 11.5. The number of nitrogens with two attached hydrogens (primary N) is 1. The average molecular weight is 279 g/mol. The molecule has 3 N–H and O–H groups in total. The van der Waals surface area contributed by atoms with Crippen molar-refractivity contribution in [3.63, 3.8) is 0 Å². The molecule has 6 heteroatoms. The predicted octanol–water partition coefficient (Wildman–Crippen LogP) is 2.30. The summed E-state index contributed by atoms with van der Waals surface area (Å²) in [5, 5.41) is 2.64. The Morgan fingerprint density at radius 2 is 2.00 bits per heavy atom. The quantitative estimate of drug-likeness (QED) is 0.888. The fourth-order valence-electron chi connectivity index (χ4n) is 1.37. The van der Waals surface area contributed by atoms with E-state index in [1.165, 1.54) is 6.07 Å². The number of amides is 1. The molecule has 0 aromatic heterocycles. The van der Waals surface area contributed by atoms with Gasteiger partial charge in [0.25, 0.3) is 0 Å². The van der Waals surface area contributed by atoms with Gasteiger partial charge < -0.3 is 11.1 Å². The van der Waals surface area contributed by atoms with Crippen molar-refractivity contribution in [3.8, 4) is 0 Å². The van der Waals surface area contributed by atoms with Crippen LogP contribution in [0.15, 0.2) is 18.2 Å². The first kappa shape index (κ1) is 16.8. The van der Waals surface area contributed by atoms with E-state index in [1.54, 1.807) is 13.8 Å². The van der Waals surface area contributed by atoms with Crippen LogP contribution in [0.5, 0.6) is 0 Å². The molecule has 0 fully saturated rings. The maximum Gasteiger partial charge on any atom is 0.237 e. The summed E-state index contributed by atoms with van der Waals surface area (Å²) in [5.41, 5.74) is 6.05. The zero-order valence-electron chi connectivity index (χ0n) is 10.2. The van der Waals surface area contributed by atoms with Gasteiger partial charge in [-0.25, -0.2) is 8.78 Å². The van der Waals surface area contributed by atoms with Gasteiger partial charge in [0, 0.05) is 0 Å². The van der Waals surface area contributed by atoms with Crippen LogP contribution in [0, 0.1) is 11.6 Å². The van der Waals surface area contributed by atoms with Crippen molar-refractivity contribution in [1.82, 2.24) is 5.32 Å². The van der Waals surface area contributed by atoms with Crippen molar-refractivity contribution in [3.05, 3.63) is 35.4 Å². The van der Waals surface area contributed by atoms with Crippen LogP contribution in [-0.2, 0) is 4.79 Å². The third kappa shape index (κ3) is 4.23. The molecule has 1 rings (SSSR count). The Balaban J connectivity index is 0.00000289. The molecule has 0 aliphatic carbocycles. The summed E-state index contributed by atoms with van der Waals surface area (Å²) in [6, 6.07) is 2.55. The molecule has 0 bridgehead atoms. The average Bonchev–Trinajstić information content (AvgIpc) is 2.31. The topological polar surface area (TPSA) is 55.1 Å². The lowest BCUT2D eigenvalue weighted by atomic mass is 10.1. The summed E-state index contributed by atoms with van der Waals surface area (Å²) in [7, 11) is 0. The van der Waals surface area contributed by atoms with Gasteiger partial charge in [0.1, 0.15) is 0 Å². The zero-order valence-corrected chi connectivity index (χ0v) is 11.1. The van der Waals surface area contributed by atoms with E-state index in [1.807, 2.05) is 0 Å². The van der Waals surface area contributed by atoms with Gasteiger partial charge in [-0.15, -0.1) is 12.4 Å². The summed E-state index contributed by atoms with van der Waals surface area (Å²) in [6.07, 6.45) is 0.524. The number of carbonyl (C=O) groups is 1. The number of rotatable bonds is 4. The number of hydrogen-bond acceptors (Lipinski definition) is 2. The number of benzene rings is 1. The van der Waals surface area contributed by atoms with Crippen molar-refractivity contribution in [2.45, 2.75) is 32.4 Å². The second-order valence-corrected chi connectivity index (χ2v) is 3.92. The predicted molar refractivity (Wildman–Crippen MR) is 68.4 cm³/mol. The molecule has 2 atom stereocenters. The van der Waals surface area contributed by atoms with E-state index >= 15 is 0 Å². The van der Waals surface area contributed by atoms with E-state index in [9.17, 15) is 13.6 Å². The first-order chi connectivity index (χ1) is 7.95. The Kier molecular flexibility index (Phi) is 6.80. The highest BCUT2D eigenvalue weighted by Crippen LogP contribution is 2.15. The monoisotopic (exact) mass is 278 g/mol. The van der Waals surface area contributed by atoms with Gasteiger partial charge in [-0.3, -0.25) is 4.79 Å². The van der Waals surface area contributed by atoms with Crippen LogP contribution >= 0.6 is 12.4 Å². The molecule has 0 saturated carbocycles. The van der Waals surface area contributed by atoms with Crippen LogP contribution in [0.1, 0.15) is 31.9 Å². The number of carbonyl (C=O) groups excluding carboxylic acids is 1. The fraction of sp³-hybridized carbons (Fsp3) is 0.417. The molecular formula is C12H17ClF2N2O. The van der Waals surface area contributed by atoms with E-state index in [0.29, 0.717) is 12.0 Å². The van der Waals surface area contributed by atoms with Crippen LogP contribution in [0.2, 0.25) is 0 Å². The highest BCUT2D eigenvalue weighted by atomic mass is 35.5. The summed E-state index contributed by atoms with van der Waals surface area (Å²) in [6.45, 7) is 3.49. The van der Waals surface area contributed by atoms with Gasteiger partial charge in [-0.2, -0.15) is 0 Å². The molecule has 1 aromatic carbocycles. The van der Waals surface area contributed by atoms with Gasteiger partial charge in [-0.05, 0) is 31.0 Å². The molecule has 0 saturated heterocycles. The van der Waals surface area contributed by atoms with Crippen LogP contribution in [0.3, 0.4) is 0 Å². The van der Waals surface area contributed by atoms with E-state index in [0.717, 1.165) is 12.1 Å². The minimum Gasteiger partial charge on any atom is -0.348 e. The minimum absolute atomic E-state index is 0. The first-order valence-corrected chi connectivity index (χ1v) is 5.46. The van der Waals surface area contributed by atoms with Gasteiger partial charge in [0.05, 0.1) is 12.1 Å². The van der Waals surface area contributed by atoms with Crippen molar-refractivity contribution in [2.24, 2.45) is 5.73 Å². The van der Waals surface area contributed by atoms with Gasteiger partial charge in [0.15, 0.2) is 11.6 Å².